The molecule has 0 saturated heterocycles. The Balaban J connectivity index is 1.38. The van der Waals surface area contributed by atoms with Crippen LogP contribution in [0.1, 0.15) is 20.7 Å². The van der Waals surface area contributed by atoms with Crippen LogP contribution in [-0.2, 0) is 28.5 Å². The van der Waals surface area contributed by atoms with Crippen LogP contribution < -0.4 is 0 Å². The molecule has 2 rings (SSSR count). The van der Waals surface area contributed by atoms with Crippen LogP contribution in [0.15, 0.2) is 24.3 Å². The summed E-state index contributed by atoms with van der Waals surface area (Å²) in [6, 6.07) is 6.79. The van der Waals surface area contributed by atoms with Gasteiger partial charge in [0.1, 0.15) is 12.9 Å². The van der Waals surface area contributed by atoms with Crippen molar-refractivity contribution in [1.82, 2.24) is 4.90 Å². The number of fused-ring (bicyclic) bond motifs is 1. The molecule has 1 aliphatic rings. The Bertz CT molecular complexity index is 616. The number of imide groups is 1. The molecule has 1 aliphatic heterocycles. The minimum atomic E-state index is -0.278. The van der Waals surface area contributed by atoms with E-state index in [-0.39, 0.29) is 31.6 Å². The van der Waals surface area contributed by atoms with Crippen LogP contribution in [0.3, 0.4) is 0 Å². The Labute approximate surface area is 169 Å². The molecule has 0 saturated carbocycles. The first-order valence-corrected chi connectivity index (χ1v) is 9.53. The molecule has 0 spiro atoms. The lowest BCUT2D eigenvalue weighted by Crippen LogP contribution is -2.33. The molecule has 160 valence electrons. The number of amides is 2. The van der Waals surface area contributed by atoms with E-state index in [0.717, 1.165) is 0 Å². The Morgan fingerprint density at radius 2 is 1.07 bits per heavy atom. The molecule has 0 bridgehead atoms. The fourth-order valence-corrected chi connectivity index (χ4v) is 2.61. The zero-order valence-corrected chi connectivity index (χ0v) is 16.4. The largest absolute Gasteiger partial charge is 0.377 e. The second-order valence-corrected chi connectivity index (χ2v) is 6.00. The molecule has 0 unspecified atom stereocenters. The van der Waals surface area contributed by atoms with Gasteiger partial charge in [-0.25, -0.2) is 0 Å². The highest BCUT2D eigenvalue weighted by atomic mass is 16.6. The molecule has 0 aliphatic carbocycles. The van der Waals surface area contributed by atoms with Gasteiger partial charge in [-0.2, -0.15) is 0 Å². The van der Waals surface area contributed by atoms with Gasteiger partial charge in [-0.1, -0.05) is 12.1 Å². The van der Waals surface area contributed by atoms with E-state index in [2.05, 4.69) is 0 Å². The lowest BCUT2D eigenvalue weighted by molar-refractivity contribution is -0.112. The van der Waals surface area contributed by atoms with Crippen LogP contribution in [0, 0.1) is 0 Å². The average Bonchev–Trinajstić information content (AvgIpc) is 2.98. The topological polar surface area (TPSA) is 101 Å². The molecule has 0 N–H and O–H groups in total. The normalized spacial score (nSPS) is 13.2. The van der Waals surface area contributed by atoms with E-state index in [1.54, 1.807) is 24.3 Å². The molecular weight excluding hydrogens is 382 g/mol. The Morgan fingerprint density at radius 3 is 1.52 bits per heavy atom. The first-order valence-electron chi connectivity index (χ1n) is 9.53. The third-order valence-corrected chi connectivity index (χ3v) is 4.01. The van der Waals surface area contributed by atoms with E-state index in [1.807, 2.05) is 0 Å². The Morgan fingerprint density at radius 1 is 0.655 bits per heavy atom. The van der Waals surface area contributed by atoms with Crippen molar-refractivity contribution in [2.45, 2.75) is 0 Å². The summed E-state index contributed by atoms with van der Waals surface area (Å²) < 4.78 is 26.3. The standard InChI is InChI=1S/C20H27NO8/c22-6-8-26-10-12-28-14-16-29-15-13-27-11-9-25-7-5-21-19(23)17-3-1-2-4-18(17)20(21)24/h1-4,6H,5,7-16H2. The zero-order valence-electron chi connectivity index (χ0n) is 16.4. The fraction of sp³-hybridized carbons (Fsp3) is 0.550. The van der Waals surface area contributed by atoms with Crippen molar-refractivity contribution in [3.8, 4) is 0 Å². The lowest BCUT2D eigenvalue weighted by Gasteiger charge is -2.13. The molecule has 9 nitrogen and oxygen atoms in total. The summed E-state index contributed by atoms with van der Waals surface area (Å²) in [5.41, 5.74) is 0.884. The highest BCUT2D eigenvalue weighted by molar-refractivity contribution is 6.21. The van der Waals surface area contributed by atoms with Gasteiger partial charge in [0.25, 0.3) is 11.8 Å². The number of carbonyl (C=O) groups excluding carboxylic acids is 3. The molecule has 0 radical (unpaired) electrons. The summed E-state index contributed by atoms with van der Waals surface area (Å²) in [7, 11) is 0. The minimum Gasteiger partial charge on any atom is -0.377 e. The van der Waals surface area contributed by atoms with Crippen molar-refractivity contribution in [3.63, 3.8) is 0 Å². The third kappa shape index (κ3) is 8.00. The number of hydrogen-bond donors (Lipinski definition) is 0. The van der Waals surface area contributed by atoms with E-state index >= 15 is 0 Å². The van der Waals surface area contributed by atoms with Crippen molar-refractivity contribution in [2.75, 3.05) is 72.6 Å². The van der Waals surface area contributed by atoms with Crippen molar-refractivity contribution < 1.29 is 38.1 Å². The minimum absolute atomic E-state index is 0.0870. The van der Waals surface area contributed by atoms with Gasteiger partial charge in [0.15, 0.2) is 0 Å². The summed E-state index contributed by atoms with van der Waals surface area (Å²) in [6.45, 7) is 3.92. The number of benzene rings is 1. The Hall–Kier alpha value is -2.17. The van der Waals surface area contributed by atoms with Gasteiger partial charge in [-0.3, -0.25) is 14.5 Å². The molecule has 0 atom stereocenters. The third-order valence-electron chi connectivity index (χ3n) is 4.01. The predicted octanol–water partition coefficient (Wildman–Crippen LogP) is 0.565. The SMILES string of the molecule is O=CCOCCOCCOCCOCCOCCN1C(=O)c2ccccc2C1=O. The fourth-order valence-electron chi connectivity index (χ4n) is 2.61. The molecular formula is C20H27NO8. The van der Waals surface area contributed by atoms with Crippen molar-refractivity contribution in [2.24, 2.45) is 0 Å². The van der Waals surface area contributed by atoms with Crippen molar-refractivity contribution >= 4 is 18.1 Å². The van der Waals surface area contributed by atoms with Crippen molar-refractivity contribution in [1.29, 1.82) is 0 Å². The molecule has 29 heavy (non-hydrogen) atoms. The van der Waals surface area contributed by atoms with Crippen LogP contribution in [0.5, 0.6) is 0 Å². The molecule has 0 fully saturated rings. The van der Waals surface area contributed by atoms with Crippen LogP contribution in [0.25, 0.3) is 0 Å². The maximum absolute atomic E-state index is 12.2. The van der Waals surface area contributed by atoms with E-state index in [9.17, 15) is 14.4 Å². The second kappa shape index (κ2) is 13.9. The summed E-state index contributed by atoms with van der Waals surface area (Å²) in [4.78, 5) is 35.6. The molecule has 1 aromatic rings. The second-order valence-electron chi connectivity index (χ2n) is 6.00. The van der Waals surface area contributed by atoms with Crippen LogP contribution in [0.4, 0.5) is 0 Å². The number of hydrogen-bond acceptors (Lipinski definition) is 8. The van der Waals surface area contributed by atoms with Gasteiger partial charge in [0.2, 0.25) is 0 Å². The van der Waals surface area contributed by atoms with E-state index in [0.29, 0.717) is 70.3 Å². The quantitative estimate of drug-likeness (QED) is 0.209. The molecule has 0 aromatic heterocycles. The number of nitrogens with zero attached hydrogens (tertiary/aromatic N) is 1. The monoisotopic (exact) mass is 409 g/mol. The molecule has 1 heterocycles. The lowest BCUT2D eigenvalue weighted by atomic mass is 10.1. The summed E-state index contributed by atoms with van der Waals surface area (Å²) in [5, 5.41) is 0. The van der Waals surface area contributed by atoms with Gasteiger partial charge in [0.05, 0.1) is 77.1 Å². The zero-order chi connectivity index (χ0) is 20.7. The average molecular weight is 409 g/mol. The van der Waals surface area contributed by atoms with Crippen LogP contribution >= 0.6 is 0 Å². The number of carbonyl (C=O) groups is 3. The first-order chi connectivity index (χ1) is 14.3. The van der Waals surface area contributed by atoms with Gasteiger partial charge in [-0.15, -0.1) is 0 Å². The van der Waals surface area contributed by atoms with Gasteiger partial charge < -0.3 is 28.5 Å². The van der Waals surface area contributed by atoms with Crippen LogP contribution in [0.2, 0.25) is 0 Å². The molecule has 9 heteroatoms. The molecule has 1 aromatic carbocycles. The predicted molar refractivity (Wildman–Crippen MR) is 102 cm³/mol. The van der Waals surface area contributed by atoms with E-state index in [4.69, 9.17) is 23.7 Å². The summed E-state index contributed by atoms with van der Waals surface area (Å²) >= 11 is 0. The highest BCUT2D eigenvalue weighted by Crippen LogP contribution is 2.21. The maximum Gasteiger partial charge on any atom is 0.261 e. The molecule has 2 amide bonds. The Kier molecular flexibility index (Phi) is 11.1. The first kappa shape index (κ1) is 23.1. The van der Waals surface area contributed by atoms with Crippen molar-refractivity contribution in [3.05, 3.63) is 35.4 Å². The number of rotatable bonds is 17. The van der Waals surface area contributed by atoms with Gasteiger partial charge in [-0.05, 0) is 12.1 Å². The van der Waals surface area contributed by atoms with Crippen LogP contribution in [-0.4, -0.2) is 95.6 Å². The summed E-state index contributed by atoms with van der Waals surface area (Å²) in [5.74, 6) is -0.555. The van der Waals surface area contributed by atoms with E-state index < -0.39 is 0 Å². The maximum atomic E-state index is 12.2. The van der Waals surface area contributed by atoms with Gasteiger partial charge in [0, 0.05) is 0 Å². The number of ether oxygens (including phenoxy) is 5. The smallest absolute Gasteiger partial charge is 0.261 e. The van der Waals surface area contributed by atoms with Gasteiger partial charge >= 0.3 is 0 Å². The summed E-state index contributed by atoms with van der Waals surface area (Å²) in [6.07, 6.45) is 0.697. The number of aldehydes is 1. The highest BCUT2D eigenvalue weighted by Gasteiger charge is 2.34. The van der Waals surface area contributed by atoms with E-state index in [1.165, 1.54) is 4.90 Å².